The predicted octanol–water partition coefficient (Wildman–Crippen LogP) is 0.447. The van der Waals surface area contributed by atoms with E-state index < -0.39 is 0 Å². The highest BCUT2D eigenvalue weighted by Crippen LogP contribution is 2.23. The number of carbonyl (C=O) groups is 3. The first-order chi connectivity index (χ1) is 12.5. The summed E-state index contributed by atoms with van der Waals surface area (Å²) in [6.45, 7) is 4.71. The van der Waals surface area contributed by atoms with Gasteiger partial charge in [-0.1, -0.05) is 0 Å². The van der Waals surface area contributed by atoms with Crippen LogP contribution in [0.1, 0.15) is 23.9 Å². The molecule has 2 aliphatic heterocycles. The van der Waals surface area contributed by atoms with E-state index in [0.717, 1.165) is 0 Å². The zero-order valence-corrected chi connectivity index (χ0v) is 15.2. The Morgan fingerprint density at radius 2 is 1.96 bits per heavy atom. The Morgan fingerprint density at radius 1 is 1.27 bits per heavy atom. The van der Waals surface area contributed by atoms with Crippen LogP contribution < -0.4 is 0 Å². The number of furan rings is 1. The Labute approximate surface area is 152 Å². The Hall–Kier alpha value is -2.35. The van der Waals surface area contributed by atoms with E-state index in [1.807, 2.05) is 6.92 Å². The zero-order valence-electron chi connectivity index (χ0n) is 15.2. The van der Waals surface area contributed by atoms with Crippen LogP contribution in [-0.4, -0.2) is 84.9 Å². The molecule has 0 spiro atoms. The van der Waals surface area contributed by atoms with Gasteiger partial charge in [0.1, 0.15) is 0 Å². The molecule has 2 aliphatic rings. The average Bonchev–Trinajstić information content (AvgIpc) is 3.30. The van der Waals surface area contributed by atoms with Gasteiger partial charge >= 0.3 is 0 Å². The van der Waals surface area contributed by atoms with Gasteiger partial charge in [0.2, 0.25) is 11.8 Å². The Kier molecular flexibility index (Phi) is 5.61. The molecule has 0 unspecified atom stereocenters. The fourth-order valence-electron chi connectivity index (χ4n) is 3.60. The molecule has 2 fully saturated rings. The lowest BCUT2D eigenvalue weighted by Gasteiger charge is -2.35. The summed E-state index contributed by atoms with van der Waals surface area (Å²) in [6, 6.07) is 3.29. The molecule has 2 saturated heterocycles. The molecule has 0 N–H and O–H groups in total. The molecule has 3 rings (SSSR count). The largest absolute Gasteiger partial charge is 0.459 e. The second kappa shape index (κ2) is 7.90. The quantitative estimate of drug-likeness (QED) is 0.758. The summed E-state index contributed by atoms with van der Waals surface area (Å²) >= 11 is 0. The topological polar surface area (TPSA) is 83.3 Å². The molecule has 3 amide bonds. The maximum absolute atomic E-state index is 12.8. The van der Waals surface area contributed by atoms with Gasteiger partial charge in [-0.3, -0.25) is 14.4 Å². The van der Waals surface area contributed by atoms with Crippen LogP contribution in [0.2, 0.25) is 0 Å². The van der Waals surface area contributed by atoms with Gasteiger partial charge in [0.05, 0.1) is 24.8 Å². The van der Waals surface area contributed by atoms with Crippen LogP contribution in [0.15, 0.2) is 22.8 Å². The van der Waals surface area contributed by atoms with E-state index in [2.05, 4.69) is 0 Å². The van der Waals surface area contributed by atoms with Gasteiger partial charge in [-0.2, -0.15) is 0 Å². The molecule has 1 aromatic rings. The van der Waals surface area contributed by atoms with Crippen LogP contribution in [-0.2, 0) is 14.3 Å². The lowest BCUT2D eigenvalue weighted by molar-refractivity contribution is -0.137. The number of rotatable bonds is 5. The second-order valence-electron chi connectivity index (χ2n) is 6.85. The molecule has 26 heavy (non-hydrogen) atoms. The molecule has 0 radical (unpaired) electrons. The number of methoxy groups -OCH3 is 1. The summed E-state index contributed by atoms with van der Waals surface area (Å²) in [4.78, 5) is 42.4. The van der Waals surface area contributed by atoms with Gasteiger partial charge in [0.25, 0.3) is 5.91 Å². The van der Waals surface area contributed by atoms with Gasteiger partial charge in [-0.05, 0) is 19.1 Å². The first-order valence-corrected chi connectivity index (χ1v) is 8.91. The summed E-state index contributed by atoms with van der Waals surface area (Å²) in [5, 5.41) is 0. The normalized spacial score (nSPS) is 22.0. The molecule has 8 heteroatoms. The fraction of sp³-hybridized carbons (Fsp3) is 0.611. The third kappa shape index (κ3) is 3.75. The van der Waals surface area contributed by atoms with Crippen molar-refractivity contribution in [3.63, 3.8) is 0 Å². The van der Waals surface area contributed by atoms with Crippen LogP contribution in [0.25, 0.3) is 0 Å². The van der Waals surface area contributed by atoms with Gasteiger partial charge in [-0.25, -0.2) is 0 Å². The summed E-state index contributed by atoms with van der Waals surface area (Å²) in [5.74, 6) is -0.157. The number of amides is 3. The standard InChI is InChI=1S/C18H25N3O5/c1-13(12-25-2)21-11-14(10-16(21)22)17(23)19-5-7-20(8-6-19)18(24)15-4-3-9-26-15/h3-4,9,13-14H,5-8,10-12H2,1-2H3/t13-,14-/m0/s1. The first-order valence-electron chi connectivity index (χ1n) is 8.91. The van der Waals surface area contributed by atoms with Crippen molar-refractivity contribution in [3.05, 3.63) is 24.2 Å². The average molecular weight is 363 g/mol. The van der Waals surface area contributed by atoms with Crippen LogP contribution in [0.3, 0.4) is 0 Å². The molecular weight excluding hydrogens is 338 g/mol. The summed E-state index contributed by atoms with van der Waals surface area (Å²) in [6.07, 6.45) is 1.72. The monoisotopic (exact) mass is 363 g/mol. The van der Waals surface area contributed by atoms with Crippen LogP contribution >= 0.6 is 0 Å². The minimum absolute atomic E-state index is 0.000432. The molecule has 1 aromatic heterocycles. The fourth-order valence-corrected chi connectivity index (χ4v) is 3.60. The number of nitrogens with zero attached hydrogens (tertiary/aromatic N) is 3. The number of ether oxygens (including phenoxy) is 1. The van der Waals surface area contributed by atoms with Gasteiger partial charge < -0.3 is 23.9 Å². The third-order valence-corrected chi connectivity index (χ3v) is 5.06. The molecule has 2 atom stereocenters. The number of piperazine rings is 1. The Morgan fingerprint density at radius 3 is 2.58 bits per heavy atom. The Bertz CT molecular complexity index is 652. The molecule has 142 valence electrons. The molecule has 3 heterocycles. The first kappa shape index (κ1) is 18.4. The minimum Gasteiger partial charge on any atom is -0.459 e. The van der Waals surface area contributed by atoms with Crippen molar-refractivity contribution in [2.24, 2.45) is 5.92 Å². The van der Waals surface area contributed by atoms with Crippen LogP contribution in [0.4, 0.5) is 0 Å². The summed E-state index contributed by atoms with van der Waals surface area (Å²) < 4.78 is 10.3. The van der Waals surface area contributed by atoms with E-state index in [9.17, 15) is 14.4 Å². The maximum Gasteiger partial charge on any atom is 0.289 e. The molecule has 0 aliphatic carbocycles. The molecule has 0 saturated carbocycles. The van der Waals surface area contributed by atoms with E-state index in [-0.39, 0.29) is 36.1 Å². The zero-order chi connectivity index (χ0) is 18.7. The van der Waals surface area contributed by atoms with E-state index in [1.165, 1.54) is 6.26 Å². The van der Waals surface area contributed by atoms with Crippen molar-refractivity contribution in [2.45, 2.75) is 19.4 Å². The van der Waals surface area contributed by atoms with Gasteiger partial charge in [0.15, 0.2) is 5.76 Å². The van der Waals surface area contributed by atoms with Gasteiger partial charge in [0, 0.05) is 46.3 Å². The van der Waals surface area contributed by atoms with Gasteiger partial charge in [-0.15, -0.1) is 0 Å². The van der Waals surface area contributed by atoms with Crippen molar-refractivity contribution >= 4 is 17.7 Å². The highest BCUT2D eigenvalue weighted by Gasteiger charge is 2.39. The lowest BCUT2D eigenvalue weighted by Crippen LogP contribution is -2.52. The second-order valence-corrected chi connectivity index (χ2v) is 6.85. The highest BCUT2D eigenvalue weighted by atomic mass is 16.5. The van der Waals surface area contributed by atoms with Crippen molar-refractivity contribution in [2.75, 3.05) is 46.4 Å². The molecule has 8 nitrogen and oxygen atoms in total. The third-order valence-electron chi connectivity index (χ3n) is 5.06. The summed E-state index contributed by atoms with van der Waals surface area (Å²) in [5.41, 5.74) is 0. The van der Waals surface area contributed by atoms with Crippen molar-refractivity contribution in [1.29, 1.82) is 0 Å². The maximum atomic E-state index is 12.8. The van der Waals surface area contributed by atoms with Crippen molar-refractivity contribution in [3.8, 4) is 0 Å². The SMILES string of the molecule is COC[C@H](C)N1C[C@@H](C(=O)N2CCN(C(=O)c3ccco3)CC2)CC1=O. The summed E-state index contributed by atoms with van der Waals surface area (Å²) in [7, 11) is 1.60. The predicted molar refractivity (Wildman–Crippen MR) is 92.3 cm³/mol. The van der Waals surface area contributed by atoms with Crippen molar-refractivity contribution in [1.82, 2.24) is 14.7 Å². The molecule has 0 bridgehead atoms. The minimum atomic E-state index is -0.311. The van der Waals surface area contributed by atoms with Crippen molar-refractivity contribution < 1.29 is 23.5 Å². The number of hydrogen-bond donors (Lipinski definition) is 0. The molecule has 0 aromatic carbocycles. The van der Waals surface area contributed by atoms with Crippen LogP contribution in [0, 0.1) is 5.92 Å². The van der Waals surface area contributed by atoms with E-state index in [1.54, 1.807) is 33.9 Å². The van der Waals surface area contributed by atoms with E-state index >= 15 is 0 Å². The van der Waals surface area contributed by atoms with E-state index in [0.29, 0.717) is 45.1 Å². The Balaban J connectivity index is 1.52. The van der Waals surface area contributed by atoms with Crippen LogP contribution in [0.5, 0.6) is 0 Å². The number of hydrogen-bond acceptors (Lipinski definition) is 5. The van der Waals surface area contributed by atoms with E-state index in [4.69, 9.17) is 9.15 Å². The molecular formula is C18H25N3O5. The number of likely N-dealkylation sites (tertiary alicyclic amines) is 1. The smallest absolute Gasteiger partial charge is 0.289 e. The lowest BCUT2D eigenvalue weighted by atomic mass is 10.1. The highest BCUT2D eigenvalue weighted by molar-refractivity contribution is 5.92. The number of carbonyl (C=O) groups excluding carboxylic acids is 3.